The number of ether oxygens (including phenoxy) is 2. The molecule has 2 aromatic carbocycles. The second-order valence-corrected chi connectivity index (χ2v) is 5.80. The Balaban J connectivity index is 1.64. The first kappa shape index (κ1) is 17.0. The number of carbonyl (C=O) groups excluding carboxylic acids is 1. The lowest BCUT2D eigenvalue weighted by molar-refractivity contribution is 0.154. The molecule has 0 saturated carbocycles. The van der Waals surface area contributed by atoms with Gasteiger partial charge in [-0.25, -0.2) is 10.1 Å². The highest BCUT2D eigenvalue weighted by Crippen LogP contribution is 2.31. The van der Waals surface area contributed by atoms with Crippen LogP contribution in [0.1, 0.15) is 5.56 Å². The minimum atomic E-state index is -0.677. The van der Waals surface area contributed by atoms with Crippen LogP contribution in [0.4, 0.5) is 10.8 Å². The van der Waals surface area contributed by atoms with E-state index in [2.05, 4.69) is 31.4 Å². The highest BCUT2D eigenvalue weighted by Gasteiger charge is 2.15. The van der Waals surface area contributed by atoms with E-state index in [9.17, 15) is 4.79 Å². The molecule has 1 heterocycles. The molecule has 0 bridgehead atoms. The molecule has 1 N–H and O–H groups in total. The number of rotatable bonds is 5. The number of aromatic nitrogens is 2. The van der Waals surface area contributed by atoms with E-state index in [-0.39, 0.29) is 18.5 Å². The molecule has 0 aliphatic rings. The smallest absolute Gasteiger partial charge is 0.415 e. The molecule has 1 aromatic heterocycles. The molecule has 8 heteroatoms. The largest absolute Gasteiger partial charge is 0.497 e. The van der Waals surface area contributed by atoms with Gasteiger partial charge in [0.05, 0.1) is 12.7 Å². The van der Waals surface area contributed by atoms with E-state index < -0.39 is 6.09 Å². The van der Waals surface area contributed by atoms with Gasteiger partial charge in [-0.3, -0.25) is 0 Å². The fraction of sp³-hybridized carbons (Fsp3) is 0.118. The third-order valence-electron chi connectivity index (χ3n) is 3.25. The Bertz CT molecular complexity index is 867. The maximum absolute atomic E-state index is 11.8. The molecule has 0 unspecified atom stereocenters. The monoisotopic (exact) mass is 403 g/mol. The molecule has 3 aromatic rings. The van der Waals surface area contributed by atoms with Crippen LogP contribution in [0.5, 0.6) is 5.75 Å². The molecular formula is C17H14BrN3O4. The number of amides is 1. The van der Waals surface area contributed by atoms with E-state index in [0.29, 0.717) is 11.3 Å². The van der Waals surface area contributed by atoms with E-state index in [1.165, 1.54) is 0 Å². The van der Waals surface area contributed by atoms with Crippen LogP contribution < -0.4 is 10.1 Å². The van der Waals surface area contributed by atoms with Crippen molar-refractivity contribution in [1.29, 1.82) is 0 Å². The van der Waals surface area contributed by atoms with Crippen molar-refractivity contribution < 1.29 is 18.7 Å². The van der Waals surface area contributed by atoms with Gasteiger partial charge < -0.3 is 13.9 Å². The zero-order valence-corrected chi connectivity index (χ0v) is 14.8. The minimum Gasteiger partial charge on any atom is -0.497 e. The van der Waals surface area contributed by atoms with Crippen LogP contribution in [-0.4, -0.2) is 23.4 Å². The van der Waals surface area contributed by atoms with E-state index in [4.69, 9.17) is 13.9 Å². The predicted octanol–water partition coefficient (Wildman–Crippen LogP) is 4.26. The molecule has 0 atom stereocenters. The third kappa shape index (κ3) is 4.36. The van der Waals surface area contributed by atoms with Crippen molar-refractivity contribution in [2.24, 2.45) is 0 Å². The van der Waals surface area contributed by atoms with Crippen molar-refractivity contribution in [2.45, 2.75) is 6.61 Å². The predicted molar refractivity (Wildman–Crippen MR) is 94.2 cm³/mol. The lowest BCUT2D eigenvalue weighted by atomic mass is 10.2. The van der Waals surface area contributed by atoms with Gasteiger partial charge in [0.2, 0.25) is 0 Å². The van der Waals surface area contributed by atoms with E-state index >= 15 is 0 Å². The zero-order valence-electron chi connectivity index (χ0n) is 13.2. The third-order valence-corrected chi connectivity index (χ3v) is 3.94. The normalized spacial score (nSPS) is 10.3. The van der Waals surface area contributed by atoms with Crippen molar-refractivity contribution in [3.05, 3.63) is 58.6 Å². The van der Waals surface area contributed by atoms with Crippen molar-refractivity contribution in [1.82, 2.24) is 10.2 Å². The molecule has 0 saturated heterocycles. The van der Waals surface area contributed by atoms with Crippen molar-refractivity contribution in [2.75, 3.05) is 12.4 Å². The second kappa shape index (κ2) is 7.80. The van der Waals surface area contributed by atoms with E-state index in [0.717, 1.165) is 10.0 Å². The van der Waals surface area contributed by atoms with Crippen LogP contribution in [0.15, 0.2) is 57.4 Å². The van der Waals surface area contributed by atoms with Crippen molar-refractivity contribution in [3.8, 4) is 17.2 Å². The molecule has 1 amide bonds. The Morgan fingerprint density at radius 3 is 2.76 bits per heavy atom. The van der Waals surface area contributed by atoms with Crippen LogP contribution in [0.3, 0.4) is 0 Å². The lowest BCUT2D eigenvalue weighted by Gasteiger charge is -2.04. The number of halogens is 1. The number of nitrogens with one attached hydrogen (secondary N) is 1. The summed E-state index contributed by atoms with van der Waals surface area (Å²) in [7, 11) is 1.57. The molecule has 0 radical (unpaired) electrons. The molecule has 0 aliphatic carbocycles. The average Bonchev–Trinajstić information content (AvgIpc) is 3.09. The Hall–Kier alpha value is -2.87. The van der Waals surface area contributed by atoms with Gasteiger partial charge in [-0.2, -0.15) is 0 Å². The van der Waals surface area contributed by atoms with Gasteiger partial charge in [0.15, 0.2) is 0 Å². The van der Waals surface area contributed by atoms with Gasteiger partial charge in [-0.15, -0.1) is 5.10 Å². The molecule has 7 nitrogen and oxygen atoms in total. The lowest BCUT2D eigenvalue weighted by Crippen LogP contribution is -2.13. The summed E-state index contributed by atoms with van der Waals surface area (Å²) in [5, 5.41) is 10.1. The number of anilines is 1. The topological polar surface area (TPSA) is 86.5 Å². The summed E-state index contributed by atoms with van der Waals surface area (Å²) >= 11 is 3.41. The fourth-order valence-electron chi connectivity index (χ4n) is 2.02. The second-order valence-electron chi connectivity index (χ2n) is 4.94. The number of benzene rings is 2. The maximum Gasteiger partial charge on any atom is 0.415 e. The fourth-order valence-corrected chi connectivity index (χ4v) is 2.44. The summed E-state index contributed by atoms with van der Waals surface area (Å²) in [6, 6.07) is 14.6. The summed E-state index contributed by atoms with van der Waals surface area (Å²) in [5.74, 6) is 0.886. The van der Waals surface area contributed by atoms with Gasteiger partial charge in [0, 0.05) is 4.47 Å². The SMILES string of the molecule is COc1ccc(Br)c(-c2nnc(NC(=O)OCc3ccccc3)o2)c1. The van der Waals surface area contributed by atoms with Crippen molar-refractivity contribution in [3.63, 3.8) is 0 Å². The van der Waals surface area contributed by atoms with Crippen LogP contribution in [0.2, 0.25) is 0 Å². The molecule has 128 valence electrons. The van der Waals surface area contributed by atoms with Gasteiger partial charge in [-0.05, 0) is 39.7 Å². The number of hydrogen-bond donors (Lipinski definition) is 1. The molecule has 0 fully saturated rings. The minimum absolute atomic E-state index is 0.0530. The summed E-state index contributed by atoms with van der Waals surface area (Å²) in [4.78, 5) is 11.8. The number of nitrogens with zero attached hydrogens (tertiary/aromatic N) is 2. The zero-order chi connectivity index (χ0) is 17.6. The Morgan fingerprint density at radius 1 is 1.20 bits per heavy atom. The summed E-state index contributed by atoms with van der Waals surface area (Å²) in [5.41, 5.74) is 1.53. The summed E-state index contributed by atoms with van der Waals surface area (Å²) in [6.07, 6.45) is -0.677. The Morgan fingerprint density at radius 2 is 2.00 bits per heavy atom. The molecule has 25 heavy (non-hydrogen) atoms. The maximum atomic E-state index is 11.8. The summed E-state index contributed by atoms with van der Waals surface area (Å²) < 4.78 is 16.5. The van der Waals surface area contributed by atoms with Crippen LogP contribution in [-0.2, 0) is 11.3 Å². The van der Waals surface area contributed by atoms with Crippen LogP contribution >= 0.6 is 15.9 Å². The van der Waals surface area contributed by atoms with Gasteiger partial charge >= 0.3 is 12.1 Å². The first-order chi connectivity index (χ1) is 12.2. The molecule has 0 spiro atoms. The Labute approximate surface area is 152 Å². The Kier molecular flexibility index (Phi) is 5.30. The molecule has 0 aliphatic heterocycles. The van der Waals surface area contributed by atoms with Crippen LogP contribution in [0.25, 0.3) is 11.5 Å². The number of hydrogen-bond acceptors (Lipinski definition) is 6. The first-order valence-electron chi connectivity index (χ1n) is 7.31. The van der Waals surface area contributed by atoms with E-state index in [1.807, 2.05) is 30.3 Å². The van der Waals surface area contributed by atoms with Crippen molar-refractivity contribution >= 4 is 28.0 Å². The standard InChI is InChI=1S/C17H14BrN3O4/c1-23-12-7-8-14(18)13(9-12)15-20-21-16(25-15)19-17(22)24-10-11-5-3-2-4-6-11/h2-9H,10H2,1H3,(H,19,21,22). The average molecular weight is 404 g/mol. The van der Waals surface area contributed by atoms with Gasteiger partial charge in [0.1, 0.15) is 12.4 Å². The van der Waals surface area contributed by atoms with Crippen LogP contribution in [0, 0.1) is 0 Å². The molecule has 3 rings (SSSR count). The van der Waals surface area contributed by atoms with E-state index in [1.54, 1.807) is 25.3 Å². The molecular weight excluding hydrogens is 390 g/mol. The van der Waals surface area contributed by atoms with Gasteiger partial charge in [0.25, 0.3) is 5.89 Å². The van der Waals surface area contributed by atoms with Gasteiger partial charge in [-0.1, -0.05) is 35.4 Å². The highest BCUT2D eigenvalue weighted by molar-refractivity contribution is 9.10. The first-order valence-corrected chi connectivity index (χ1v) is 8.10. The quantitative estimate of drug-likeness (QED) is 0.684. The number of carbonyl (C=O) groups is 1. The number of methoxy groups -OCH3 is 1. The summed E-state index contributed by atoms with van der Waals surface area (Å²) in [6.45, 7) is 0.148. The highest BCUT2D eigenvalue weighted by atomic mass is 79.9.